The molecule has 2 amide bonds. The van der Waals surface area contributed by atoms with E-state index < -0.39 is 0 Å². The SMILES string of the molecule is COc1cccc(Cc2cc(C(=O)N3CCN(C(=O)c4ccco4)CC3)on2)c1. The lowest BCUT2D eigenvalue weighted by Crippen LogP contribution is -2.50. The average Bonchev–Trinajstić information content (AvgIpc) is 3.45. The summed E-state index contributed by atoms with van der Waals surface area (Å²) >= 11 is 0. The second kappa shape index (κ2) is 8.22. The number of amides is 2. The second-order valence-electron chi connectivity index (χ2n) is 6.77. The summed E-state index contributed by atoms with van der Waals surface area (Å²) in [5.41, 5.74) is 1.69. The van der Waals surface area contributed by atoms with Crippen LogP contribution in [-0.4, -0.2) is 60.1 Å². The largest absolute Gasteiger partial charge is 0.497 e. The first-order chi connectivity index (χ1) is 14.1. The summed E-state index contributed by atoms with van der Waals surface area (Å²) in [6, 6.07) is 12.7. The Labute approximate surface area is 167 Å². The van der Waals surface area contributed by atoms with E-state index in [2.05, 4.69) is 5.16 Å². The van der Waals surface area contributed by atoms with Crippen LogP contribution < -0.4 is 4.74 Å². The van der Waals surface area contributed by atoms with Crippen molar-refractivity contribution in [1.29, 1.82) is 0 Å². The lowest BCUT2D eigenvalue weighted by Gasteiger charge is -2.33. The molecule has 0 bridgehead atoms. The van der Waals surface area contributed by atoms with Crippen molar-refractivity contribution in [3.05, 3.63) is 71.5 Å². The van der Waals surface area contributed by atoms with Gasteiger partial charge in [0.25, 0.3) is 11.8 Å². The molecule has 0 atom stereocenters. The summed E-state index contributed by atoms with van der Waals surface area (Å²) in [6.07, 6.45) is 2.01. The molecule has 0 radical (unpaired) electrons. The first-order valence-corrected chi connectivity index (χ1v) is 9.34. The number of hydrogen-bond acceptors (Lipinski definition) is 6. The van der Waals surface area contributed by atoms with Gasteiger partial charge in [-0.2, -0.15) is 0 Å². The normalized spacial score (nSPS) is 14.1. The molecule has 150 valence electrons. The van der Waals surface area contributed by atoms with Gasteiger partial charge < -0.3 is 23.5 Å². The van der Waals surface area contributed by atoms with Gasteiger partial charge in [0.1, 0.15) is 5.75 Å². The van der Waals surface area contributed by atoms with Crippen molar-refractivity contribution >= 4 is 11.8 Å². The van der Waals surface area contributed by atoms with Crippen LogP contribution in [0.4, 0.5) is 0 Å². The Morgan fingerprint density at radius 3 is 2.38 bits per heavy atom. The number of aromatic nitrogens is 1. The van der Waals surface area contributed by atoms with E-state index in [1.54, 1.807) is 35.1 Å². The van der Waals surface area contributed by atoms with Gasteiger partial charge in [-0.1, -0.05) is 17.3 Å². The molecule has 3 aromatic rings. The lowest BCUT2D eigenvalue weighted by atomic mass is 10.1. The van der Waals surface area contributed by atoms with Crippen LogP contribution in [0, 0.1) is 0 Å². The first kappa shape index (κ1) is 18.8. The van der Waals surface area contributed by atoms with E-state index in [-0.39, 0.29) is 17.6 Å². The van der Waals surface area contributed by atoms with Crippen LogP contribution in [0.15, 0.2) is 57.7 Å². The first-order valence-electron chi connectivity index (χ1n) is 9.34. The minimum Gasteiger partial charge on any atom is -0.497 e. The average molecular weight is 395 g/mol. The van der Waals surface area contributed by atoms with E-state index in [0.29, 0.717) is 44.1 Å². The van der Waals surface area contributed by atoms with Gasteiger partial charge in [0, 0.05) is 38.7 Å². The summed E-state index contributed by atoms with van der Waals surface area (Å²) in [4.78, 5) is 28.4. The number of carbonyl (C=O) groups is 2. The van der Waals surface area contributed by atoms with Crippen molar-refractivity contribution < 1.29 is 23.3 Å². The summed E-state index contributed by atoms with van der Waals surface area (Å²) in [6.45, 7) is 1.74. The van der Waals surface area contributed by atoms with Crippen LogP contribution in [0.1, 0.15) is 32.4 Å². The Bertz CT molecular complexity index is 987. The zero-order chi connectivity index (χ0) is 20.2. The molecule has 0 saturated carbocycles. The number of furan rings is 1. The Morgan fingerprint density at radius 2 is 1.72 bits per heavy atom. The monoisotopic (exact) mass is 395 g/mol. The number of hydrogen-bond donors (Lipinski definition) is 0. The fraction of sp³-hybridized carbons (Fsp3) is 0.286. The topological polar surface area (TPSA) is 89.0 Å². The highest BCUT2D eigenvalue weighted by Crippen LogP contribution is 2.18. The highest BCUT2D eigenvalue weighted by atomic mass is 16.5. The molecule has 0 spiro atoms. The van der Waals surface area contributed by atoms with Crippen LogP contribution in [0.2, 0.25) is 0 Å². The molecule has 4 rings (SSSR count). The molecule has 1 fully saturated rings. The van der Waals surface area contributed by atoms with Crippen LogP contribution in [0.3, 0.4) is 0 Å². The Balaban J connectivity index is 1.35. The summed E-state index contributed by atoms with van der Waals surface area (Å²) in [7, 11) is 1.62. The molecule has 8 heteroatoms. The summed E-state index contributed by atoms with van der Waals surface area (Å²) in [5, 5.41) is 4.02. The third-order valence-corrected chi connectivity index (χ3v) is 4.88. The van der Waals surface area contributed by atoms with E-state index in [1.807, 2.05) is 24.3 Å². The number of rotatable bonds is 5. The molecule has 1 aliphatic rings. The third-order valence-electron chi connectivity index (χ3n) is 4.88. The minimum absolute atomic E-state index is 0.165. The zero-order valence-electron chi connectivity index (χ0n) is 16.0. The van der Waals surface area contributed by atoms with Gasteiger partial charge >= 0.3 is 0 Å². The molecule has 3 heterocycles. The van der Waals surface area contributed by atoms with E-state index in [1.165, 1.54) is 6.26 Å². The molecule has 29 heavy (non-hydrogen) atoms. The fourth-order valence-corrected chi connectivity index (χ4v) is 3.31. The van der Waals surface area contributed by atoms with E-state index in [9.17, 15) is 9.59 Å². The van der Waals surface area contributed by atoms with Crippen LogP contribution in [0.25, 0.3) is 0 Å². The smallest absolute Gasteiger partial charge is 0.292 e. The maximum atomic E-state index is 12.7. The van der Waals surface area contributed by atoms with Gasteiger partial charge in [-0.3, -0.25) is 9.59 Å². The maximum Gasteiger partial charge on any atom is 0.292 e. The van der Waals surface area contributed by atoms with Crippen molar-refractivity contribution in [3.63, 3.8) is 0 Å². The highest BCUT2D eigenvalue weighted by molar-refractivity contribution is 5.93. The molecule has 1 aliphatic heterocycles. The van der Waals surface area contributed by atoms with Crippen LogP contribution >= 0.6 is 0 Å². The predicted octanol–water partition coefficient (Wildman–Crippen LogP) is 2.47. The van der Waals surface area contributed by atoms with E-state index in [0.717, 1.165) is 11.3 Å². The molecule has 0 aliphatic carbocycles. The predicted molar refractivity (Wildman–Crippen MR) is 103 cm³/mol. The third kappa shape index (κ3) is 4.16. The minimum atomic E-state index is -0.223. The molecule has 2 aromatic heterocycles. The molecule has 1 aromatic carbocycles. The standard InChI is InChI=1S/C21H21N3O5/c1-27-17-5-2-4-15(13-17)12-16-14-19(29-22-16)21(26)24-9-7-23(8-10-24)20(25)18-6-3-11-28-18/h2-6,11,13-14H,7-10,12H2,1H3. The Kier molecular flexibility index (Phi) is 5.33. The van der Waals surface area contributed by atoms with Crippen molar-refractivity contribution in [2.75, 3.05) is 33.3 Å². The van der Waals surface area contributed by atoms with Crippen LogP contribution in [0.5, 0.6) is 5.75 Å². The van der Waals surface area contributed by atoms with Crippen LogP contribution in [-0.2, 0) is 6.42 Å². The van der Waals surface area contributed by atoms with Gasteiger partial charge in [-0.25, -0.2) is 0 Å². The number of piperazine rings is 1. The number of benzene rings is 1. The second-order valence-corrected chi connectivity index (χ2v) is 6.77. The quantitative estimate of drug-likeness (QED) is 0.659. The summed E-state index contributed by atoms with van der Waals surface area (Å²) < 4.78 is 15.7. The molecule has 8 nitrogen and oxygen atoms in total. The molecular weight excluding hydrogens is 374 g/mol. The molecule has 0 N–H and O–H groups in total. The van der Waals surface area contributed by atoms with E-state index >= 15 is 0 Å². The van der Waals surface area contributed by atoms with Crippen molar-refractivity contribution in [2.24, 2.45) is 0 Å². The summed E-state index contributed by atoms with van der Waals surface area (Å²) in [5.74, 6) is 0.891. The van der Waals surface area contributed by atoms with Gasteiger partial charge in [0.2, 0.25) is 5.76 Å². The molecular formula is C21H21N3O5. The molecule has 1 saturated heterocycles. The van der Waals surface area contributed by atoms with Crippen molar-refractivity contribution in [2.45, 2.75) is 6.42 Å². The number of methoxy groups -OCH3 is 1. The Hall–Kier alpha value is -3.55. The molecule has 0 unspecified atom stereocenters. The van der Waals surface area contributed by atoms with Gasteiger partial charge in [0.15, 0.2) is 5.76 Å². The lowest BCUT2D eigenvalue weighted by molar-refractivity contribution is 0.0497. The van der Waals surface area contributed by atoms with Gasteiger partial charge in [-0.15, -0.1) is 0 Å². The maximum absolute atomic E-state index is 12.7. The number of carbonyl (C=O) groups excluding carboxylic acids is 2. The fourth-order valence-electron chi connectivity index (χ4n) is 3.31. The van der Waals surface area contributed by atoms with Gasteiger partial charge in [0.05, 0.1) is 19.1 Å². The zero-order valence-corrected chi connectivity index (χ0v) is 16.0. The highest BCUT2D eigenvalue weighted by Gasteiger charge is 2.28. The van der Waals surface area contributed by atoms with Gasteiger partial charge in [-0.05, 0) is 29.8 Å². The van der Waals surface area contributed by atoms with E-state index in [4.69, 9.17) is 13.7 Å². The number of ether oxygens (including phenoxy) is 1. The Morgan fingerprint density at radius 1 is 1.00 bits per heavy atom. The van der Waals surface area contributed by atoms with Crippen molar-refractivity contribution in [1.82, 2.24) is 15.0 Å². The number of nitrogens with zero attached hydrogens (tertiary/aromatic N) is 3. The van der Waals surface area contributed by atoms with Crippen molar-refractivity contribution in [3.8, 4) is 5.75 Å².